The Labute approximate surface area is 121 Å². The summed E-state index contributed by atoms with van der Waals surface area (Å²) in [5.41, 5.74) is 1.40. The molecule has 1 aromatic rings. The second-order valence-corrected chi connectivity index (χ2v) is 6.61. The van der Waals surface area contributed by atoms with Crippen molar-refractivity contribution in [1.82, 2.24) is 10.2 Å². The summed E-state index contributed by atoms with van der Waals surface area (Å²) < 4.78 is 0. The molecule has 1 aromatic carbocycles. The second kappa shape index (κ2) is 5.21. The summed E-state index contributed by atoms with van der Waals surface area (Å²) in [4.78, 5) is 14.0. The third-order valence-electron chi connectivity index (χ3n) is 5.21. The van der Waals surface area contributed by atoms with Gasteiger partial charge in [-0.05, 0) is 37.2 Å². The van der Waals surface area contributed by atoms with E-state index in [1.807, 2.05) is 0 Å². The number of nitrogens with one attached hydrogen (secondary N) is 1. The standard InChI is InChI=1S/C17H24N2O/c1-13(20)18-17(2)15-8-9-16(17)12-19(11-15)10-14-6-4-3-5-7-14/h3-7,15-16H,8-12H2,1-2H3,(H,18,20). The number of carbonyl (C=O) groups is 1. The van der Waals surface area contributed by atoms with Gasteiger partial charge in [0.2, 0.25) is 5.91 Å². The minimum absolute atomic E-state index is 0.0129. The zero-order valence-electron chi connectivity index (χ0n) is 12.4. The quantitative estimate of drug-likeness (QED) is 0.916. The maximum atomic E-state index is 11.5. The van der Waals surface area contributed by atoms with E-state index in [-0.39, 0.29) is 11.4 Å². The SMILES string of the molecule is CC(=O)NC1(C)C2CCC1CN(Cc1ccccc1)C2. The van der Waals surface area contributed by atoms with Crippen LogP contribution in [0.1, 0.15) is 32.3 Å². The fraction of sp³-hybridized carbons (Fsp3) is 0.588. The van der Waals surface area contributed by atoms with Crippen LogP contribution in [0.5, 0.6) is 0 Å². The van der Waals surface area contributed by atoms with Crippen molar-refractivity contribution in [2.75, 3.05) is 13.1 Å². The van der Waals surface area contributed by atoms with Crippen LogP contribution in [-0.4, -0.2) is 29.4 Å². The smallest absolute Gasteiger partial charge is 0.217 e. The van der Waals surface area contributed by atoms with Gasteiger partial charge in [0.15, 0.2) is 0 Å². The van der Waals surface area contributed by atoms with E-state index < -0.39 is 0 Å². The summed E-state index contributed by atoms with van der Waals surface area (Å²) in [6.45, 7) is 7.12. The van der Waals surface area contributed by atoms with Gasteiger partial charge in [-0.3, -0.25) is 9.69 Å². The van der Waals surface area contributed by atoms with Crippen LogP contribution in [0, 0.1) is 11.8 Å². The molecule has 1 saturated heterocycles. The van der Waals surface area contributed by atoms with Crippen molar-refractivity contribution in [3.05, 3.63) is 35.9 Å². The monoisotopic (exact) mass is 272 g/mol. The highest BCUT2D eigenvalue weighted by atomic mass is 16.1. The molecule has 1 N–H and O–H groups in total. The summed E-state index contributed by atoms with van der Waals surface area (Å²) in [7, 11) is 0. The molecular formula is C17H24N2O. The van der Waals surface area contributed by atoms with Crippen molar-refractivity contribution in [2.45, 2.75) is 38.8 Å². The molecular weight excluding hydrogens is 248 g/mol. The predicted molar refractivity (Wildman–Crippen MR) is 80.2 cm³/mol. The van der Waals surface area contributed by atoms with Gasteiger partial charge in [-0.1, -0.05) is 30.3 Å². The first kappa shape index (κ1) is 13.6. The third-order valence-corrected chi connectivity index (χ3v) is 5.21. The zero-order chi connectivity index (χ0) is 14.2. The van der Waals surface area contributed by atoms with E-state index in [4.69, 9.17) is 0 Å². The van der Waals surface area contributed by atoms with Crippen molar-refractivity contribution in [3.8, 4) is 0 Å². The van der Waals surface area contributed by atoms with Gasteiger partial charge in [0.25, 0.3) is 0 Å². The molecule has 1 aliphatic heterocycles. The lowest BCUT2D eigenvalue weighted by Gasteiger charge is -2.46. The molecule has 0 aromatic heterocycles. The normalized spacial score (nSPS) is 33.1. The lowest BCUT2D eigenvalue weighted by Crippen LogP contribution is -2.60. The maximum absolute atomic E-state index is 11.5. The number of likely N-dealkylation sites (tertiary alicyclic amines) is 1. The molecule has 2 unspecified atom stereocenters. The number of benzene rings is 1. The van der Waals surface area contributed by atoms with Gasteiger partial charge in [0, 0.05) is 32.1 Å². The Hall–Kier alpha value is -1.35. The molecule has 2 atom stereocenters. The Bertz CT molecular complexity index is 471. The number of nitrogens with zero attached hydrogens (tertiary/aromatic N) is 1. The highest BCUT2D eigenvalue weighted by Gasteiger charge is 2.51. The Morgan fingerprint density at radius 3 is 2.40 bits per heavy atom. The summed E-state index contributed by atoms with van der Waals surface area (Å²) in [5.74, 6) is 1.30. The molecule has 3 rings (SSSR count). The Kier molecular flexibility index (Phi) is 3.55. The first-order valence-corrected chi connectivity index (χ1v) is 7.63. The molecule has 3 heteroatoms. The lowest BCUT2D eigenvalue weighted by molar-refractivity contribution is -0.122. The van der Waals surface area contributed by atoms with E-state index in [9.17, 15) is 4.79 Å². The van der Waals surface area contributed by atoms with Crippen molar-refractivity contribution in [1.29, 1.82) is 0 Å². The Morgan fingerprint density at radius 2 is 1.85 bits per heavy atom. The van der Waals surface area contributed by atoms with Crippen molar-refractivity contribution in [3.63, 3.8) is 0 Å². The molecule has 1 aliphatic carbocycles. The van der Waals surface area contributed by atoms with Gasteiger partial charge in [-0.2, -0.15) is 0 Å². The minimum Gasteiger partial charge on any atom is -0.351 e. The average Bonchev–Trinajstić information content (AvgIpc) is 2.60. The number of piperidine rings is 1. The largest absolute Gasteiger partial charge is 0.351 e. The summed E-state index contributed by atoms with van der Waals surface area (Å²) in [5, 5.41) is 3.24. The van der Waals surface area contributed by atoms with Gasteiger partial charge in [-0.15, -0.1) is 0 Å². The fourth-order valence-corrected chi connectivity index (χ4v) is 4.15. The minimum atomic E-state index is 0.0129. The molecule has 2 fully saturated rings. The van der Waals surface area contributed by atoms with Crippen LogP contribution in [-0.2, 0) is 11.3 Å². The predicted octanol–water partition coefficient (Wildman–Crippen LogP) is 2.42. The lowest BCUT2D eigenvalue weighted by atomic mass is 9.78. The van der Waals surface area contributed by atoms with Crippen LogP contribution in [0.4, 0.5) is 0 Å². The van der Waals surface area contributed by atoms with Crippen LogP contribution >= 0.6 is 0 Å². The third kappa shape index (κ3) is 2.47. The summed E-state index contributed by atoms with van der Waals surface area (Å²) in [6, 6.07) is 10.7. The number of rotatable bonds is 3. The van der Waals surface area contributed by atoms with Crippen LogP contribution in [0.15, 0.2) is 30.3 Å². The van der Waals surface area contributed by atoms with Gasteiger partial charge < -0.3 is 5.32 Å². The average molecular weight is 272 g/mol. The molecule has 108 valence electrons. The van der Waals surface area contributed by atoms with Crippen molar-refractivity contribution in [2.24, 2.45) is 11.8 Å². The number of hydrogen-bond acceptors (Lipinski definition) is 2. The van der Waals surface area contributed by atoms with E-state index in [2.05, 4.69) is 47.5 Å². The van der Waals surface area contributed by atoms with Crippen LogP contribution in [0.3, 0.4) is 0 Å². The summed E-state index contributed by atoms with van der Waals surface area (Å²) in [6.07, 6.45) is 2.49. The van der Waals surface area contributed by atoms with E-state index in [0.717, 1.165) is 19.6 Å². The first-order valence-electron chi connectivity index (χ1n) is 7.63. The van der Waals surface area contributed by atoms with Crippen LogP contribution in [0.25, 0.3) is 0 Å². The Balaban J connectivity index is 1.69. The molecule has 2 aliphatic rings. The van der Waals surface area contributed by atoms with Crippen molar-refractivity contribution < 1.29 is 4.79 Å². The summed E-state index contributed by atoms with van der Waals surface area (Å²) >= 11 is 0. The maximum Gasteiger partial charge on any atom is 0.217 e. The Morgan fingerprint density at radius 1 is 1.25 bits per heavy atom. The van der Waals surface area contributed by atoms with E-state index >= 15 is 0 Å². The molecule has 0 radical (unpaired) electrons. The molecule has 1 saturated carbocycles. The number of fused-ring (bicyclic) bond motifs is 2. The van der Waals surface area contributed by atoms with E-state index in [1.54, 1.807) is 6.92 Å². The molecule has 0 spiro atoms. The van der Waals surface area contributed by atoms with E-state index in [1.165, 1.54) is 18.4 Å². The van der Waals surface area contributed by atoms with Crippen LogP contribution in [0.2, 0.25) is 0 Å². The number of amides is 1. The molecule has 20 heavy (non-hydrogen) atoms. The topological polar surface area (TPSA) is 32.3 Å². The second-order valence-electron chi connectivity index (χ2n) is 6.61. The molecule has 3 nitrogen and oxygen atoms in total. The van der Waals surface area contributed by atoms with Gasteiger partial charge in [-0.25, -0.2) is 0 Å². The molecule has 2 bridgehead atoms. The number of carbonyl (C=O) groups excluding carboxylic acids is 1. The van der Waals surface area contributed by atoms with Crippen molar-refractivity contribution >= 4 is 5.91 Å². The fourth-order valence-electron chi connectivity index (χ4n) is 4.15. The molecule has 1 amide bonds. The highest BCUT2D eigenvalue weighted by Crippen LogP contribution is 2.45. The first-order chi connectivity index (χ1) is 9.58. The molecule has 1 heterocycles. The van der Waals surface area contributed by atoms with Gasteiger partial charge >= 0.3 is 0 Å². The zero-order valence-corrected chi connectivity index (χ0v) is 12.4. The van der Waals surface area contributed by atoms with Gasteiger partial charge in [0.1, 0.15) is 0 Å². The van der Waals surface area contributed by atoms with E-state index in [0.29, 0.717) is 11.8 Å². The van der Waals surface area contributed by atoms with Crippen LogP contribution < -0.4 is 5.32 Å². The van der Waals surface area contributed by atoms with Gasteiger partial charge in [0.05, 0.1) is 0 Å². The highest BCUT2D eigenvalue weighted by molar-refractivity contribution is 5.74. The number of hydrogen-bond donors (Lipinski definition) is 1.